The summed E-state index contributed by atoms with van der Waals surface area (Å²) >= 11 is 3.97. The molecule has 19 nitrogen and oxygen atoms in total. The Bertz CT molecular complexity index is 2700. The highest BCUT2D eigenvalue weighted by Gasteiger charge is 2.48. The average Bonchev–Trinajstić information content (AvgIpc) is 1.29. The molecule has 21 heteroatoms. The molecule has 2 heterocycles. The molecule has 0 spiro atoms. The number of anilines is 2. The van der Waals surface area contributed by atoms with Crippen LogP contribution in [-0.2, 0) is 57.3 Å². The molecule has 1 aliphatic carbocycles. The number of rotatable bonds is 14. The second-order valence-electron chi connectivity index (χ2n) is 24.8. The smallest absolute Gasteiger partial charge is 0.340 e. The van der Waals surface area contributed by atoms with Crippen molar-refractivity contribution in [3.63, 3.8) is 0 Å². The second-order valence-corrected chi connectivity index (χ2v) is 27.0. The van der Waals surface area contributed by atoms with Crippen molar-refractivity contribution in [1.82, 2.24) is 4.90 Å². The van der Waals surface area contributed by atoms with Crippen molar-refractivity contribution >= 4 is 110 Å². The minimum atomic E-state index is -2.98. The molecule has 4 rings (SSSR count). The third kappa shape index (κ3) is 22.9. The minimum Gasteiger partial charge on any atom is -0.462 e. The Hall–Kier alpha value is -4.69. The summed E-state index contributed by atoms with van der Waals surface area (Å²) in [5, 5.41) is 39.5. The van der Waals surface area contributed by atoms with E-state index in [1.807, 2.05) is 103 Å². The molecule has 0 bridgehead atoms. The lowest BCUT2D eigenvalue weighted by atomic mass is 9.79. The van der Waals surface area contributed by atoms with Gasteiger partial charge in [0.05, 0.1) is 30.7 Å². The van der Waals surface area contributed by atoms with Crippen molar-refractivity contribution in [2.75, 3.05) is 30.9 Å². The quantitative estimate of drug-likeness (QED) is 0.0220. The summed E-state index contributed by atoms with van der Waals surface area (Å²) in [5.41, 5.74) is 3.14. The number of esters is 3. The number of unbranched alkanes of at least 4 members (excludes halogenated alkanes) is 2. The van der Waals surface area contributed by atoms with Crippen LogP contribution in [0.25, 0.3) is 0 Å². The topological polar surface area (TPSA) is 279 Å². The SMILES string of the molecule is CO[C@H]1C(=O)[C@H](C)C[C@H](C)/C=C/C=C/C=C(\C)CCCCC[C@@H](C)C(O)(O)C(=O)C(=O)N2CCCC[C@H]2C(=O)O[C@H]([C@H](C)C[C@H]2CC[C@H](OC(=O)CCCCCOC(=O)c3c(I)c(NC(C)=O)c(C)c(NC(C)=O)c3I)CC2)CC(=O)[C@H](C)/C=C(\C)[C@H]1O. The Kier molecular flexibility index (Phi) is 31.8. The molecule has 1 aromatic carbocycles. The van der Waals surface area contributed by atoms with Gasteiger partial charge in [0, 0.05) is 58.1 Å². The number of carbonyl (C=O) groups excluding carboxylic acids is 9. The van der Waals surface area contributed by atoms with Crippen molar-refractivity contribution in [3.05, 3.63) is 65.9 Å². The number of amides is 3. The number of methoxy groups -OCH3 is 1. The zero-order chi connectivity index (χ0) is 65.6. The predicted octanol–water partition coefficient (Wildman–Crippen LogP) is 11.3. The van der Waals surface area contributed by atoms with Gasteiger partial charge in [0.2, 0.25) is 17.6 Å². The van der Waals surface area contributed by atoms with Crippen LogP contribution in [-0.4, -0.2) is 130 Å². The molecule has 1 saturated heterocycles. The molecule has 88 heavy (non-hydrogen) atoms. The Morgan fingerprint density at radius 3 is 2.08 bits per heavy atom. The van der Waals surface area contributed by atoms with Crippen LogP contribution in [0.2, 0.25) is 0 Å². The number of nitrogens with zero attached hydrogens (tertiary/aromatic N) is 1. The zero-order valence-electron chi connectivity index (χ0n) is 53.5. The molecule has 0 unspecified atom stereocenters. The number of carbonyl (C=O) groups is 9. The van der Waals surface area contributed by atoms with E-state index in [-0.39, 0.29) is 91.7 Å². The fraction of sp³-hybridized carbons (Fsp3) is 0.657. The number of ketones is 3. The third-order valence-corrected chi connectivity index (χ3v) is 19.5. The maximum Gasteiger partial charge on any atom is 0.340 e. The van der Waals surface area contributed by atoms with Crippen LogP contribution < -0.4 is 10.6 Å². The first kappa shape index (κ1) is 75.8. The van der Waals surface area contributed by atoms with Gasteiger partial charge in [0.1, 0.15) is 36.2 Å². The van der Waals surface area contributed by atoms with Crippen LogP contribution >= 0.6 is 45.2 Å². The van der Waals surface area contributed by atoms with E-state index in [9.17, 15) is 58.5 Å². The first-order chi connectivity index (χ1) is 41.5. The molecule has 3 aliphatic rings. The van der Waals surface area contributed by atoms with E-state index in [1.54, 1.807) is 26.8 Å². The Morgan fingerprint density at radius 1 is 0.818 bits per heavy atom. The zero-order valence-corrected chi connectivity index (χ0v) is 57.8. The van der Waals surface area contributed by atoms with Crippen molar-refractivity contribution in [1.29, 1.82) is 0 Å². The molecule has 1 saturated carbocycles. The number of hydrogen-bond donors (Lipinski definition) is 5. The summed E-state index contributed by atoms with van der Waals surface area (Å²) < 4.78 is 24.4. The Morgan fingerprint density at radius 2 is 1.45 bits per heavy atom. The van der Waals surface area contributed by atoms with E-state index in [4.69, 9.17) is 18.9 Å². The third-order valence-electron chi connectivity index (χ3n) is 17.3. The monoisotopic (exact) mass is 1450 g/mol. The van der Waals surface area contributed by atoms with E-state index in [0.29, 0.717) is 107 Å². The van der Waals surface area contributed by atoms with E-state index in [2.05, 4.69) is 10.6 Å². The van der Waals surface area contributed by atoms with Gasteiger partial charge in [-0.25, -0.2) is 9.59 Å². The lowest BCUT2D eigenvalue weighted by Crippen LogP contribution is -2.57. The van der Waals surface area contributed by atoms with Gasteiger partial charge >= 0.3 is 17.9 Å². The van der Waals surface area contributed by atoms with E-state index in [0.717, 1.165) is 29.7 Å². The van der Waals surface area contributed by atoms with Gasteiger partial charge in [-0.2, -0.15) is 0 Å². The van der Waals surface area contributed by atoms with Crippen LogP contribution in [0.15, 0.2) is 47.6 Å². The number of piperidine rings is 1. The van der Waals surface area contributed by atoms with E-state index < -0.39 is 77.4 Å². The number of halogens is 2. The highest BCUT2D eigenvalue weighted by molar-refractivity contribution is 14.1. The first-order valence-electron chi connectivity index (χ1n) is 31.4. The molecule has 2 fully saturated rings. The minimum absolute atomic E-state index is 0.00633. The fourth-order valence-electron chi connectivity index (χ4n) is 11.8. The largest absolute Gasteiger partial charge is 0.462 e. The van der Waals surface area contributed by atoms with Gasteiger partial charge in [-0.05, 0) is 191 Å². The summed E-state index contributed by atoms with van der Waals surface area (Å²) in [5.74, 6) is -11.1. The van der Waals surface area contributed by atoms with Crippen LogP contribution in [0, 0.1) is 49.6 Å². The maximum absolute atomic E-state index is 14.5. The molecular weight excluding hydrogens is 1360 g/mol. The summed E-state index contributed by atoms with van der Waals surface area (Å²) in [6.07, 6.45) is 17.1. The summed E-state index contributed by atoms with van der Waals surface area (Å²) in [4.78, 5) is 122. The standard InChI is InChI=1S/C67H97I2N3O16/c1-39-23-15-12-17-25-40(2)35-43(5)60(77)62(85-11)61(78)44(6)36-41(3)52(75)38-53(88-65(81)51-27-20-21-33-72(51)64(80)63(79)67(83,84)45(7)26-18-13-16-24-39)42(4)37-49-29-31-50(32-30-49)87-54(76)28-19-14-22-34-86-66(82)55-56(68)58(70-47(9)73)46(8)59(57(55)69)71-48(10)74/h12,15,17,23,25,36,40-43,45,49-51,53,61-62,78,83-84H,13-14,16,18-22,24,26-35,37-38H2,1-11H3,(H,70,73)(H,71,74)/b15-12+,25-17+,39-23+,44-36+/t40-,41-,42-,43-,45-,49-,50-,51+,53+,61-,62+/m1/s1. The normalized spacial score (nSPS) is 28.6. The number of fused-ring (bicyclic) bond motifs is 1. The van der Waals surface area contributed by atoms with Crippen molar-refractivity contribution in [3.8, 4) is 0 Å². The molecule has 490 valence electrons. The van der Waals surface area contributed by atoms with Gasteiger partial charge in [-0.3, -0.25) is 33.6 Å². The van der Waals surface area contributed by atoms with Crippen LogP contribution in [0.1, 0.15) is 200 Å². The van der Waals surface area contributed by atoms with E-state index in [1.165, 1.54) is 27.9 Å². The van der Waals surface area contributed by atoms with Crippen molar-refractivity contribution in [2.24, 2.45) is 35.5 Å². The number of cyclic esters (lactones) is 1. The lowest BCUT2D eigenvalue weighted by Gasteiger charge is -2.37. The van der Waals surface area contributed by atoms with Gasteiger partial charge in [-0.15, -0.1) is 0 Å². The number of allylic oxidation sites excluding steroid dienone is 7. The van der Waals surface area contributed by atoms with Gasteiger partial charge in [0.25, 0.3) is 11.7 Å². The first-order valence-corrected chi connectivity index (χ1v) is 33.6. The number of aliphatic hydroxyl groups excluding tert-OH is 1. The highest BCUT2D eigenvalue weighted by atomic mass is 127. The fourth-order valence-corrected chi connectivity index (χ4v) is 14.4. The lowest BCUT2D eigenvalue weighted by molar-refractivity contribution is -0.205. The van der Waals surface area contributed by atoms with Crippen LogP contribution in [0.4, 0.5) is 11.4 Å². The number of hydrogen-bond acceptors (Lipinski definition) is 16. The van der Waals surface area contributed by atoms with Crippen molar-refractivity contribution < 1.29 is 77.4 Å². The number of Topliss-reactive ketones (excluding diaryl/α,β-unsaturated/α-hetero) is 3. The number of benzene rings is 1. The summed E-state index contributed by atoms with van der Waals surface area (Å²) in [6, 6.07) is -1.23. The average molecular weight is 1450 g/mol. The van der Waals surface area contributed by atoms with Gasteiger partial charge in [0.15, 0.2) is 5.78 Å². The van der Waals surface area contributed by atoms with Crippen LogP contribution in [0.5, 0.6) is 0 Å². The molecule has 0 radical (unpaired) electrons. The molecule has 9 atom stereocenters. The number of ether oxygens (including phenoxy) is 4. The molecule has 2 aliphatic heterocycles. The molecule has 0 aromatic heterocycles. The molecule has 3 amide bonds. The molecule has 1 aromatic rings. The van der Waals surface area contributed by atoms with Crippen LogP contribution in [0.3, 0.4) is 0 Å². The highest BCUT2D eigenvalue weighted by Crippen LogP contribution is 2.39. The second kappa shape index (κ2) is 37.0. The van der Waals surface area contributed by atoms with E-state index >= 15 is 0 Å². The van der Waals surface area contributed by atoms with Gasteiger partial charge < -0.3 is 49.8 Å². The molecular formula is C67H97I2N3O16. The maximum atomic E-state index is 14.5. The number of aliphatic hydroxyl groups is 3. The van der Waals surface area contributed by atoms with Gasteiger partial charge in [-0.1, -0.05) is 89.5 Å². The molecule has 5 N–H and O–H groups in total. The Balaban J connectivity index is 1.45. The Labute approximate surface area is 548 Å². The summed E-state index contributed by atoms with van der Waals surface area (Å²) in [6.45, 7) is 17.1. The summed E-state index contributed by atoms with van der Waals surface area (Å²) in [7, 11) is 1.36. The number of nitrogens with one attached hydrogen (secondary N) is 2. The predicted molar refractivity (Wildman–Crippen MR) is 353 cm³/mol. The van der Waals surface area contributed by atoms with Crippen molar-refractivity contribution in [2.45, 2.75) is 227 Å².